The highest BCUT2D eigenvalue weighted by molar-refractivity contribution is 6.07. The monoisotopic (exact) mass is 319 g/mol. The van der Waals surface area contributed by atoms with Crippen LogP contribution in [0.25, 0.3) is 0 Å². The molecule has 5 heteroatoms. The van der Waals surface area contributed by atoms with E-state index in [-0.39, 0.29) is 11.9 Å². The van der Waals surface area contributed by atoms with E-state index in [1.54, 1.807) is 0 Å². The van der Waals surface area contributed by atoms with Gasteiger partial charge in [0.05, 0.1) is 6.67 Å². The van der Waals surface area contributed by atoms with E-state index >= 15 is 0 Å². The van der Waals surface area contributed by atoms with Gasteiger partial charge in [-0.2, -0.15) is 0 Å². The average Bonchev–Trinajstić information content (AvgIpc) is 3.24. The number of amides is 3. The second kappa shape index (κ2) is 6.08. The number of nitrogens with zero attached hydrogens (tertiary/aromatic N) is 2. The molecule has 0 aromatic carbocycles. The smallest absolute Gasteiger partial charge is 0.323 e. The fraction of sp³-hybridized carbons (Fsp3) is 0.889. The lowest BCUT2D eigenvalue weighted by Gasteiger charge is -2.32. The lowest BCUT2D eigenvalue weighted by Crippen LogP contribution is -2.49. The Hall–Kier alpha value is -1.10. The number of imide groups is 1. The van der Waals surface area contributed by atoms with Crippen LogP contribution in [0.2, 0.25) is 0 Å². The Morgan fingerprint density at radius 1 is 0.913 bits per heavy atom. The standard InChI is InChI=1S/C18H29N3O2/c22-16-18(11-5-1-2-6-12-18)19-17(23)21(16)13-20(15-9-10-15)14-7-3-4-8-14/h14-15H,1-13H2,(H,19,23). The first-order valence-electron chi connectivity index (χ1n) is 9.59. The molecule has 3 saturated carbocycles. The third-order valence-corrected chi connectivity index (χ3v) is 6.32. The van der Waals surface area contributed by atoms with Crippen molar-refractivity contribution < 1.29 is 9.59 Å². The highest BCUT2D eigenvalue weighted by Crippen LogP contribution is 2.37. The minimum absolute atomic E-state index is 0.0491. The molecule has 0 atom stereocenters. The van der Waals surface area contributed by atoms with Crippen molar-refractivity contribution in [1.82, 2.24) is 15.1 Å². The first-order chi connectivity index (χ1) is 11.2. The number of hydrogen-bond donors (Lipinski definition) is 1. The van der Waals surface area contributed by atoms with Crippen molar-refractivity contribution in [2.24, 2.45) is 0 Å². The maximum atomic E-state index is 13.1. The molecule has 1 aliphatic heterocycles. The van der Waals surface area contributed by atoms with Crippen molar-refractivity contribution in [2.45, 2.75) is 94.7 Å². The second-order valence-electron chi connectivity index (χ2n) is 7.98. The van der Waals surface area contributed by atoms with Crippen LogP contribution in [0.5, 0.6) is 0 Å². The van der Waals surface area contributed by atoms with Gasteiger partial charge in [-0.05, 0) is 38.5 Å². The van der Waals surface area contributed by atoms with Crippen LogP contribution in [0.1, 0.15) is 77.0 Å². The van der Waals surface area contributed by atoms with Crippen LogP contribution in [-0.4, -0.2) is 46.0 Å². The zero-order chi connectivity index (χ0) is 15.9. The summed E-state index contributed by atoms with van der Waals surface area (Å²) < 4.78 is 0. The summed E-state index contributed by atoms with van der Waals surface area (Å²) in [5.74, 6) is 0.0491. The van der Waals surface area contributed by atoms with Crippen molar-refractivity contribution in [3.63, 3.8) is 0 Å². The molecule has 0 aromatic heterocycles. The maximum absolute atomic E-state index is 13.1. The molecule has 1 saturated heterocycles. The van der Waals surface area contributed by atoms with Gasteiger partial charge in [0.15, 0.2) is 0 Å². The fourth-order valence-corrected chi connectivity index (χ4v) is 4.81. The molecule has 0 aromatic rings. The first kappa shape index (κ1) is 15.4. The predicted molar refractivity (Wildman–Crippen MR) is 87.8 cm³/mol. The van der Waals surface area contributed by atoms with Gasteiger partial charge < -0.3 is 5.32 Å². The van der Waals surface area contributed by atoms with E-state index in [1.165, 1.54) is 56.3 Å². The zero-order valence-electron chi connectivity index (χ0n) is 14.1. The van der Waals surface area contributed by atoms with E-state index in [9.17, 15) is 9.59 Å². The molecule has 4 rings (SSSR count). The molecule has 1 heterocycles. The third kappa shape index (κ3) is 2.88. The molecule has 5 nitrogen and oxygen atoms in total. The van der Waals surface area contributed by atoms with Gasteiger partial charge in [0.25, 0.3) is 5.91 Å². The molecular weight excluding hydrogens is 290 g/mol. The number of nitrogens with one attached hydrogen (secondary N) is 1. The highest BCUT2D eigenvalue weighted by Gasteiger charge is 2.52. The van der Waals surface area contributed by atoms with E-state index in [2.05, 4.69) is 10.2 Å². The topological polar surface area (TPSA) is 52.7 Å². The molecular formula is C18H29N3O2. The Bertz CT molecular complexity index is 475. The second-order valence-corrected chi connectivity index (χ2v) is 7.98. The number of carbonyl (C=O) groups excluding carboxylic acids is 2. The molecule has 1 N–H and O–H groups in total. The molecule has 23 heavy (non-hydrogen) atoms. The Morgan fingerprint density at radius 2 is 1.52 bits per heavy atom. The van der Waals surface area contributed by atoms with Crippen LogP contribution in [0.4, 0.5) is 4.79 Å². The molecule has 128 valence electrons. The number of urea groups is 1. The molecule has 3 amide bonds. The van der Waals surface area contributed by atoms with Crippen molar-refractivity contribution in [3.8, 4) is 0 Å². The first-order valence-corrected chi connectivity index (χ1v) is 9.59. The molecule has 3 aliphatic carbocycles. The van der Waals surface area contributed by atoms with Gasteiger partial charge in [0.1, 0.15) is 5.54 Å². The maximum Gasteiger partial charge on any atom is 0.326 e. The summed E-state index contributed by atoms with van der Waals surface area (Å²) in [5.41, 5.74) is -0.585. The normalized spacial score (nSPS) is 28.7. The van der Waals surface area contributed by atoms with Gasteiger partial charge in [0, 0.05) is 12.1 Å². The van der Waals surface area contributed by atoms with Crippen LogP contribution >= 0.6 is 0 Å². The summed E-state index contributed by atoms with van der Waals surface area (Å²) in [6.45, 7) is 0.516. The van der Waals surface area contributed by atoms with E-state index in [1.807, 2.05) is 0 Å². The number of hydrogen-bond acceptors (Lipinski definition) is 3. The fourth-order valence-electron chi connectivity index (χ4n) is 4.81. The van der Waals surface area contributed by atoms with Gasteiger partial charge in [-0.3, -0.25) is 9.69 Å². The molecule has 0 bridgehead atoms. The highest BCUT2D eigenvalue weighted by atomic mass is 16.2. The summed E-state index contributed by atoms with van der Waals surface area (Å²) in [6.07, 6.45) is 13.6. The Morgan fingerprint density at radius 3 is 2.13 bits per heavy atom. The minimum Gasteiger partial charge on any atom is -0.323 e. The molecule has 4 fully saturated rings. The van der Waals surface area contributed by atoms with Crippen molar-refractivity contribution >= 4 is 11.9 Å². The summed E-state index contributed by atoms with van der Waals surface area (Å²) >= 11 is 0. The summed E-state index contributed by atoms with van der Waals surface area (Å²) in [5, 5.41) is 3.08. The summed E-state index contributed by atoms with van der Waals surface area (Å²) in [4.78, 5) is 29.6. The molecule has 0 radical (unpaired) electrons. The van der Waals surface area contributed by atoms with Crippen LogP contribution in [0, 0.1) is 0 Å². The van der Waals surface area contributed by atoms with Crippen molar-refractivity contribution in [2.75, 3.05) is 6.67 Å². The van der Waals surface area contributed by atoms with Crippen LogP contribution in [0.3, 0.4) is 0 Å². The van der Waals surface area contributed by atoms with Crippen molar-refractivity contribution in [3.05, 3.63) is 0 Å². The Labute approximate surface area is 138 Å². The van der Waals surface area contributed by atoms with E-state index in [4.69, 9.17) is 0 Å². The van der Waals surface area contributed by atoms with Crippen LogP contribution in [-0.2, 0) is 4.79 Å². The van der Waals surface area contributed by atoms with Crippen LogP contribution < -0.4 is 5.32 Å². The molecule has 4 aliphatic rings. The van der Waals surface area contributed by atoms with E-state index in [0.717, 1.165) is 25.7 Å². The summed E-state index contributed by atoms with van der Waals surface area (Å²) in [6, 6.07) is 1.03. The van der Waals surface area contributed by atoms with Crippen LogP contribution in [0.15, 0.2) is 0 Å². The number of carbonyl (C=O) groups is 2. The lowest BCUT2D eigenvalue weighted by molar-refractivity contribution is -0.133. The van der Waals surface area contributed by atoms with Gasteiger partial charge in [-0.25, -0.2) is 9.69 Å². The third-order valence-electron chi connectivity index (χ3n) is 6.32. The predicted octanol–water partition coefficient (Wildman–Crippen LogP) is 3.00. The van der Waals surface area contributed by atoms with Gasteiger partial charge >= 0.3 is 6.03 Å². The quantitative estimate of drug-likeness (QED) is 0.811. The van der Waals surface area contributed by atoms with Gasteiger partial charge in [0.2, 0.25) is 0 Å². The van der Waals surface area contributed by atoms with Gasteiger partial charge in [-0.15, -0.1) is 0 Å². The zero-order valence-corrected chi connectivity index (χ0v) is 14.1. The number of rotatable bonds is 4. The summed E-state index contributed by atoms with van der Waals surface area (Å²) in [7, 11) is 0. The molecule has 1 spiro atoms. The van der Waals surface area contributed by atoms with E-state index in [0.29, 0.717) is 18.8 Å². The molecule has 0 unspecified atom stereocenters. The lowest BCUT2D eigenvalue weighted by atomic mass is 9.90. The largest absolute Gasteiger partial charge is 0.326 e. The van der Waals surface area contributed by atoms with Crippen molar-refractivity contribution in [1.29, 1.82) is 0 Å². The Balaban J connectivity index is 1.49. The minimum atomic E-state index is -0.585. The Kier molecular flexibility index (Phi) is 4.08. The average molecular weight is 319 g/mol. The SMILES string of the molecule is O=C1NC2(CCCCCC2)C(=O)N1CN(C1CCCC1)C1CC1. The van der Waals surface area contributed by atoms with E-state index < -0.39 is 5.54 Å². The van der Waals surface area contributed by atoms with Gasteiger partial charge in [-0.1, -0.05) is 38.5 Å².